The fraction of sp³-hybridized carbons (Fsp3) is 0.500. The van der Waals surface area contributed by atoms with Crippen LogP contribution in [0.5, 0.6) is 17.2 Å². The zero-order valence-electron chi connectivity index (χ0n) is 9.33. The molecule has 0 amide bonds. The normalized spacial score (nSPS) is 20.1. The largest absolute Gasteiger partial charge is 0.505 e. The Bertz CT molecular complexity index is 471. The summed E-state index contributed by atoms with van der Waals surface area (Å²) < 4.78 is 24.3. The summed E-state index contributed by atoms with van der Waals surface area (Å²) >= 11 is 0. The molecule has 0 atom stereocenters. The van der Waals surface area contributed by atoms with E-state index in [0.29, 0.717) is 36.7 Å². The number of rotatable bonds is 2. The number of phenolic OH excluding ortho intramolecular Hbond substituents is 1. The molecule has 0 saturated heterocycles. The topological polar surface area (TPSA) is 64.7 Å². The minimum absolute atomic E-state index is 0.320. The Morgan fingerprint density at radius 2 is 2.06 bits per heavy atom. The molecular formula is C12H14FNO3. The van der Waals surface area contributed by atoms with Crippen molar-refractivity contribution in [3.8, 4) is 17.2 Å². The molecular weight excluding hydrogens is 225 g/mol. The zero-order chi connectivity index (χ0) is 12.0. The second-order valence-corrected chi connectivity index (χ2v) is 4.75. The van der Waals surface area contributed by atoms with Gasteiger partial charge >= 0.3 is 0 Å². The molecule has 92 valence electrons. The van der Waals surface area contributed by atoms with Crippen molar-refractivity contribution in [3.63, 3.8) is 0 Å². The number of benzene rings is 1. The smallest absolute Gasteiger partial charge is 0.169 e. The highest BCUT2D eigenvalue weighted by atomic mass is 19.1. The van der Waals surface area contributed by atoms with Gasteiger partial charge in [-0.05, 0) is 19.3 Å². The van der Waals surface area contributed by atoms with Crippen LogP contribution >= 0.6 is 0 Å². The first-order valence-electron chi connectivity index (χ1n) is 5.68. The van der Waals surface area contributed by atoms with Gasteiger partial charge in [-0.15, -0.1) is 0 Å². The molecule has 5 heteroatoms. The van der Waals surface area contributed by atoms with Gasteiger partial charge in [0.25, 0.3) is 0 Å². The van der Waals surface area contributed by atoms with Crippen molar-refractivity contribution in [3.05, 3.63) is 17.4 Å². The third kappa shape index (κ3) is 1.80. The van der Waals surface area contributed by atoms with E-state index in [-0.39, 0.29) is 11.3 Å². The first-order valence-corrected chi connectivity index (χ1v) is 5.68. The van der Waals surface area contributed by atoms with Gasteiger partial charge in [0.05, 0.1) is 0 Å². The Morgan fingerprint density at radius 1 is 1.35 bits per heavy atom. The minimum Gasteiger partial charge on any atom is -0.505 e. The van der Waals surface area contributed by atoms with Crippen LogP contribution in [0.2, 0.25) is 0 Å². The number of phenols is 1. The van der Waals surface area contributed by atoms with Crippen molar-refractivity contribution in [2.24, 2.45) is 5.73 Å². The Balaban J connectivity index is 2.06. The summed E-state index contributed by atoms with van der Waals surface area (Å²) in [6.45, 7) is 0.799. The van der Waals surface area contributed by atoms with Crippen molar-refractivity contribution in [2.75, 3.05) is 13.2 Å². The van der Waals surface area contributed by atoms with E-state index in [1.165, 1.54) is 0 Å². The number of halogens is 1. The van der Waals surface area contributed by atoms with Crippen molar-refractivity contribution >= 4 is 0 Å². The lowest BCUT2D eigenvalue weighted by Crippen LogP contribution is -2.26. The van der Waals surface area contributed by atoms with Crippen molar-refractivity contribution < 1.29 is 19.0 Å². The molecule has 1 aliphatic heterocycles. The molecule has 1 aromatic rings. The third-order valence-corrected chi connectivity index (χ3v) is 3.28. The van der Waals surface area contributed by atoms with Gasteiger partial charge in [-0.25, -0.2) is 4.39 Å². The lowest BCUT2D eigenvalue weighted by atomic mass is 10.0. The van der Waals surface area contributed by atoms with Gasteiger partial charge in [-0.3, -0.25) is 0 Å². The van der Waals surface area contributed by atoms with Gasteiger partial charge in [-0.2, -0.15) is 0 Å². The van der Waals surface area contributed by atoms with Crippen LogP contribution in [0.4, 0.5) is 4.39 Å². The van der Waals surface area contributed by atoms with Crippen LogP contribution in [0.15, 0.2) is 6.07 Å². The van der Waals surface area contributed by atoms with E-state index in [2.05, 4.69) is 0 Å². The van der Waals surface area contributed by atoms with E-state index in [9.17, 15) is 9.50 Å². The highest BCUT2D eigenvalue weighted by Crippen LogP contribution is 2.46. The standard InChI is InChI=1S/C12H14FNO3/c13-8-5-9-11(17-4-3-16-9)7(10(8)15)6-12(14)1-2-12/h5,15H,1-4,6,14H2. The minimum atomic E-state index is -0.687. The predicted octanol–water partition coefficient (Wildman–Crippen LogP) is 1.34. The molecule has 0 unspecified atom stereocenters. The number of hydrogen-bond acceptors (Lipinski definition) is 4. The molecule has 3 rings (SSSR count). The predicted molar refractivity (Wildman–Crippen MR) is 58.9 cm³/mol. The lowest BCUT2D eigenvalue weighted by molar-refractivity contribution is 0.167. The summed E-state index contributed by atoms with van der Waals surface area (Å²) in [4.78, 5) is 0. The van der Waals surface area contributed by atoms with Gasteiger partial charge in [0.2, 0.25) is 0 Å². The van der Waals surface area contributed by atoms with Gasteiger partial charge in [0.1, 0.15) is 13.2 Å². The molecule has 2 aliphatic rings. The molecule has 1 saturated carbocycles. The number of fused-ring (bicyclic) bond motifs is 1. The molecule has 0 radical (unpaired) electrons. The van der Waals surface area contributed by atoms with Gasteiger partial charge < -0.3 is 20.3 Å². The lowest BCUT2D eigenvalue weighted by Gasteiger charge is -2.23. The summed E-state index contributed by atoms with van der Waals surface area (Å²) in [5.41, 5.74) is 6.11. The van der Waals surface area contributed by atoms with E-state index < -0.39 is 5.82 Å². The summed E-state index contributed by atoms with van der Waals surface area (Å²) in [6.07, 6.45) is 2.19. The summed E-state index contributed by atoms with van der Waals surface area (Å²) in [6, 6.07) is 1.16. The van der Waals surface area contributed by atoms with Gasteiger partial charge in [0, 0.05) is 17.2 Å². The van der Waals surface area contributed by atoms with E-state index >= 15 is 0 Å². The van der Waals surface area contributed by atoms with E-state index in [4.69, 9.17) is 15.2 Å². The molecule has 1 heterocycles. The monoisotopic (exact) mass is 239 g/mol. The molecule has 0 aromatic heterocycles. The van der Waals surface area contributed by atoms with Crippen LogP contribution in [0, 0.1) is 5.82 Å². The maximum Gasteiger partial charge on any atom is 0.169 e. The molecule has 17 heavy (non-hydrogen) atoms. The molecule has 1 fully saturated rings. The Hall–Kier alpha value is -1.49. The number of nitrogens with two attached hydrogens (primary N) is 1. The second-order valence-electron chi connectivity index (χ2n) is 4.75. The SMILES string of the molecule is NC1(Cc2c(O)c(F)cc3c2OCCO3)CC1. The molecule has 0 bridgehead atoms. The van der Waals surface area contributed by atoms with Gasteiger partial charge in [0.15, 0.2) is 23.1 Å². The summed E-state index contributed by atoms with van der Waals surface area (Å²) in [7, 11) is 0. The highest BCUT2D eigenvalue weighted by molar-refractivity contribution is 5.55. The average Bonchev–Trinajstić information content (AvgIpc) is 3.03. The fourth-order valence-electron chi connectivity index (χ4n) is 2.06. The van der Waals surface area contributed by atoms with Crippen LogP contribution in [0.1, 0.15) is 18.4 Å². The number of ether oxygens (including phenoxy) is 2. The highest BCUT2D eigenvalue weighted by Gasteiger charge is 2.40. The maximum atomic E-state index is 13.5. The quantitative estimate of drug-likeness (QED) is 0.817. The van der Waals surface area contributed by atoms with Crippen LogP contribution in [-0.4, -0.2) is 23.9 Å². The van der Waals surface area contributed by atoms with Crippen molar-refractivity contribution in [1.29, 1.82) is 0 Å². The Morgan fingerprint density at radius 3 is 2.76 bits per heavy atom. The Kier molecular flexibility index (Phi) is 2.19. The first kappa shape index (κ1) is 10.7. The third-order valence-electron chi connectivity index (χ3n) is 3.28. The Labute approximate surface area is 98.1 Å². The number of hydrogen-bond donors (Lipinski definition) is 2. The van der Waals surface area contributed by atoms with Crippen LogP contribution in [-0.2, 0) is 6.42 Å². The molecule has 4 nitrogen and oxygen atoms in total. The molecule has 0 spiro atoms. The first-order chi connectivity index (χ1) is 8.09. The van der Waals surface area contributed by atoms with Crippen LogP contribution in [0.3, 0.4) is 0 Å². The maximum absolute atomic E-state index is 13.5. The number of aromatic hydroxyl groups is 1. The summed E-state index contributed by atoms with van der Waals surface area (Å²) in [5.74, 6) is -0.267. The molecule has 3 N–H and O–H groups in total. The van der Waals surface area contributed by atoms with Crippen LogP contribution < -0.4 is 15.2 Å². The average molecular weight is 239 g/mol. The van der Waals surface area contributed by atoms with E-state index in [1.54, 1.807) is 0 Å². The summed E-state index contributed by atoms with van der Waals surface area (Å²) in [5, 5.41) is 9.78. The van der Waals surface area contributed by atoms with Crippen LogP contribution in [0.25, 0.3) is 0 Å². The van der Waals surface area contributed by atoms with Gasteiger partial charge in [-0.1, -0.05) is 0 Å². The zero-order valence-corrected chi connectivity index (χ0v) is 9.33. The van der Waals surface area contributed by atoms with Crippen molar-refractivity contribution in [2.45, 2.75) is 24.8 Å². The van der Waals surface area contributed by atoms with Crippen molar-refractivity contribution in [1.82, 2.24) is 0 Å². The van der Waals surface area contributed by atoms with E-state index in [1.807, 2.05) is 0 Å². The second kappa shape index (κ2) is 3.50. The fourth-order valence-corrected chi connectivity index (χ4v) is 2.06. The van der Waals surface area contributed by atoms with E-state index in [0.717, 1.165) is 18.9 Å². The molecule has 1 aliphatic carbocycles. The molecule has 1 aromatic carbocycles.